The third-order valence-electron chi connectivity index (χ3n) is 4.91. The van der Waals surface area contributed by atoms with Crippen molar-refractivity contribution in [3.8, 4) is 0 Å². The second kappa shape index (κ2) is 20.0. The molecule has 33 heavy (non-hydrogen) atoms. The molecule has 0 aliphatic rings. The van der Waals surface area contributed by atoms with Crippen LogP contribution in [0, 0.1) is 0 Å². The van der Waals surface area contributed by atoms with E-state index in [9.17, 15) is 4.79 Å². The van der Waals surface area contributed by atoms with Gasteiger partial charge in [-0.3, -0.25) is 4.79 Å². The monoisotopic (exact) mass is 460 g/mol. The van der Waals surface area contributed by atoms with Gasteiger partial charge in [-0.2, -0.15) is 0 Å². The van der Waals surface area contributed by atoms with Gasteiger partial charge in [0.25, 0.3) is 0 Å². The largest absolute Gasteiger partial charge is 0.387 e. The summed E-state index contributed by atoms with van der Waals surface area (Å²) in [5.74, 6) is -0.0862. The van der Waals surface area contributed by atoms with Crippen LogP contribution in [0.4, 0.5) is 0 Å². The molecule has 0 aromatic rings. The van der Waals surface area contributed by atoms with E-state index in [4.69, 9.17) is 0 Å². The summed E-state index contributed by atoms with van der Waals surface area (Å²) in [6.45, 7) is 25.6. The Labute approximate surface area is 202 Å². The van der Waals surface area contributed by atoms with Crippen LogP contribution >= 0.6 is 0 Å². The van der Waals surface area contributed by atoms with Crippen molar-refractivity contribution < 1.29 is 4.79 Å². The highest BCUT2D eigenvalue weighted by Gasteiger charge is 2.03. The molecule has 7 heteroatoms. The minimum absolute atomic E-state index is 0.0862. The number of hydrogen-bond donors (Lipinski definition) is 6. The summed E-state index contributed by atoms with van der Waals surface area (Å²) in [7, 11) is 1.96. The van der Waals surface area contributed by atoms with E-state index in [0.717, 1.165) is 80.8 Å². The van der Waals surface area contributed by atoms with Gasteiger partial charge in [-0.05, 0) is 59.0 Å². The molecule has 0 saturated heterocycles. The molecule has 0 aliphatic heterocycles. The first-order valence-corrected chi connectivity index (χ1v) is 12.0. The number of amides is 1. The molecular weight excluding hydrogens is 412 g/mol. The van der Waals surface area contributed by atoms with Gasteiger partial charge in [0.2, 0.25) is 5.91 Å². The van der Waals surface area contributed by atoms with Crippen molar-refractivity contribution in [1.82, 2.24) is 31.9 Å². The smallest absolute Gasteiger partial charge is 0.239 e. The first kappa shape index (κ1) is 30.3. The Hall–Kier alpha value is -2.67. The second-order valence-corrected chi connectivity index (χ2v) is 8.51. The van der Waals surface area contributed by atoms with Crippen molar-refractivity contribution in [2.24, 2.45) is 0 Å². The first-order valence-electron chi connectivity index (χ1n) is 12.0. The Morgan fingerprint density at radius 2 is 1.09 bits per heavy atom. The maximum Gasteiger partial charge on any atom is 0.239 e. The van der Waals surface area contributed by atoms with Gasteiger partial charge < -0.3 is 31.9 Å². The Morgan fingerprint density at radius 1 is 0.576 bits per heavy atom. The summed E-state index contributed by atoms with van der Waals surface area (Å²) in [5, 5.41) is 18.8. The molecule has 0 fully saturated rings. The lowest BCUT2D eigenvalue weighted by atomic mass is 10.1. The zero-order chi connectivity index (χ0) is 24.9. The number of allylic oxidation sites excluding steroid dienone is 2. The molecular formula is C26H48N6O. The third kappa shape index (κ3) is 21.0. The number of rotatable bonds is 23. The molecule has 0 aliphatic carbocycles. The zero-order valence-electron chi connectivity index (χ0n) is 21.1. The number of nitrogens with one attached hydrogen (secondary N) is 6. The molecule has 6 N–H and O–H groups in total. The molecule has 0 atom stereocenters. The minimum atomic E-state index is -0.0862. The number of hydrogen-bond acceptors (Lipinski definition) is 6. The fourth-order valence-electron chi connectivity index (χ4n) is 2.85. The predicted octanol–water partition coefficient (Wildman–Crippen LogP) is 3.04. The molecule has 0 radical (unpaired) electrons. The van der Waals surface area contributed by atoms with Gasteiger partial charge >= 0.3 is 0 Å². The topological polar surface area (TPSA) is 89.2 Å². The van der Waals surface area contributed by atoms with Gasteiger partial charge in [0.15, 0.2) is 0 Å². The van der Waals surface area contributed by atoms with Gasteiger partial charge in [-0.1, -0.05) is 38.3 Å². The van der Waals surface area contributed by atoms with Crippen molar-refractivity contribution in [1.29, 1.82) is 0 Å². The van der Waals surface area contributed by atoms with Crippen LogP contribution in [-0.4, -0.2) is 52.2 Å². The average Bonchev–Trinajstić information content (AvgIpc) is 2.78. The molecule has 0 aromatic carbocycles. The quantitative estimate of drug-likeness (QED) is 0.104. The Morgan fingerprint density at radius 3 is 1.70 bits per heavy atom. The summed E-state index contributed by atoms with van der Waals surface area (Å²) >= 11 is 0. The Bertz CT molecular complexity index is 641. The second-order valence-electron chi connectivity index (χ2n) is 8.51. The molecule has 0 unspecified atom stereocenters. The highest BCUT2D eigenvalue weighted by molar-refractivity contribution is 5.78. The van der Waals surface area contributed by atoms with Crippen LogP contribution in [0.2, 0.25) is 0 Å². The van der Waals surface area contributed by atoms with Gasteiger partial charge in [-0.25, -0.2) is 0 Å². The Balaban J connectivity index is 3.75. The summed E-state index contributed by atoms with van der Waals surface area (Å²) in [4.78, 5) is 12.0. The summed E-state index contributed by atoms with van der Waals surface area (Å²) in [6, 6.07) is 0. The van der Waals surface area contributed by atoms with Crippen molar-refractivity contribution >= 4 is 5.91 Å². The molecule has 0 bridgehead atoms. The SMILES string of the molecule is C=C(C)CCCCNC(=C)CNC(=C)CNC(=C)CNC(=O)CNC(=C)CCCCCNC. The minimum Gasteiger partial charge on any atom is -0.387 e. The van der Waals surface area contributed by atoms with Crippen LogP contribution in [-0.2, 0) is 4.79 Å². The lowest BCUT2D eigenvalue weighted by Crippen LogP contribution is -2.37. The van der Waals surface area contributed by atoms with E-state index in [1.54, 1.807) is 0 Å². The van der Waals surface area contributed by atoms with Crippen LogP contribution in [0.5, 0.6) is 0 Å². The molecule has 0 rings (SSSR count). The molecule has 7 nitrogen and oxygen atoms in total. The van der Waals surface area contributed by atoms with Crippen molar-refractivity contribution in [2.45, 2.75) is 51.9 Å². The van der Waals surface area contributed by atoms with Gasteiger partial charge in [0, 0.05) is 29.3 Å². The Kier molecular flexibility index (Phi) is 18.4. The van der Waals surface area contributed by atoms with E-state index in [2.05, 4.69) is 71.7 Å². The fourth-order valence-corrected chi connectivity index (χ4v) is 2.85. The predicted molar refractivity (Wildman–Crippen MR) is 143 cm³/mol. The standard InChI is InChI=1S/C26H48N6O/c1-21(2)13-10-12-16-28-23(4)17-29-24(5)18-30-25(6)19-32-26(33)20-31-22(3)14-9-8-11-15-27-7/h27-31H,1,3-6,8-20H2,2,7H3,(H,32,33). The van der Waals surface area contributed by atoms with E-state index in [0.29, 0.717) is 19.6 Å². The summed E-state index contributed by atoms with van der Waals surface area (Å²) in [6.07, 6.45) is 7.58. The molecule has 0 saturated carbocycles. The number of carbonyl (C=O) groups is 1. The summed E-state index contributed by atoms with van der Waals surface area (Å²) in [5.41, 5.74) is 4.62. The van der Waals surface area contributed by atoms with E-state index in [1.165, 1.54) is 5.57 Å². The van der Waals surface area contributed by atoms with Crippen LogP contribution in [0.25, 0.3) is 0 Å². The maximum absolute atomic E-state index is 12.0. The normalized spacial score (nSPS) is 10.1. The summed E-state index contributed by atoms with van der Waals surface area (Å²) < 4.78 is 0. The number of unbranched alkanes of at least 4 members (excludes halogenated alkanes) is 3. The highest BCUT2D eigenvalue weighted by Crippen LogP contribution is 2.04. The van der Waals surface area contributed by atoms with Crippen LogP contribution in [0.3, 0.4) is 0 Å². The van der Waals surface area contributed by atoms with Gasteiger partial charge in [0.1, 0.15) is 0 Å². The third-order valence-corrected chi connectivity index (χ3v) is 4.91. The maximum atomic E-state index is 12.0. The molecule has 1 amide bonds. The zero-order valence-corrected chi connectivity index (χ0v) is 21.1. The molecule has 0 spiro atoms. The lowest BCUT2D eigenvalue weighted by molar-refractivity contribution is -0.119. The van der Waals surface area contributed by atoms with Crippen molar-refractivity contribution in [3.63, 3.8) is 0 Å². The van der Waals surface area contributed by atoms with E-state index in [1.807, 2.05) is 7.05 Å². The van der Waals surface area contributed by atoms with Gasteiger partial charge in [0.05, 0.1) is 26.2 Å². The molecule has 0 aromatic heterocycles. The lowest BCUT2D eigenvalue weighted by Gasteiger charge is -2.16. The average molecular weight is 461 g/mol. The molecule has 188 valence electrons. The fraction of sp³-hybridized carbons (Fsp3) is 0.577. The van der Waals surface area contributed by atoms with Crippen molar-refractivity contribution in [3.05, 3.63) is 61.3 Å². The van der Waals surface area contributed by atoms with Crippen molar-refractivity contribution in [2.75, 3.05) is 46.3 Å². The molecule has 0 heterocycles. The van der Waals surface area contributed by atoms with E-state index in [-0.39, 0.29) is 12.5 Å². The van der Waals surface area contributed by atoms with Gasteiger partial charge in [-0.15, -0.1) is 6.58 Å². The van der Waals surface area contributed by atoms with E-state index < -0.39 is 0 Å². The highest BCUT2D eigenvalue weighted by atomic mass is 16.1. The van der Waals surface area contributed by atoms with E-state index >= 15 is 0 Å². The van der Waals surface area contributed by atoms with Crippen LogP contribution < -0.4 is 31.9 Å². The first-order chi connectivity index (χ1) is 15.7. The van der Waals surface area contributed by atoms with Crippen LogP contribution in [0.15, 0.2) is 61.3 Å². The number of carbonyl (C=O) groups excluding carboxylic acids is 1. The van der Waals surface area contributed by atoms with Crippen LogP contribution in [0.1, 0.15) is 51.9 Å².